The minimum Gasteiger partial charge on any atom is -0.497 e. The number of nitrogens with one attached hydrogen (secondary N) is 1. The number of nitrogens with zero attached hydrogens (tertiary/aromatic N) is 1. The molecule has 188 valence electrons. The van der Waals surface area contributed by atoms with E-state index in [1.165, 1.54) is 0 Å². The highest BCUT2D eigenvalue weighted by Crippen LogP contribution is 2.22. The standard InChI is InChI=1S/C31H36N2O3/c1-23-10-8-13-25(18-23)21-30(34)33(22-26-14-9-17-28(19-26)36-2)29(20-24-11-4-3-5-12-24)31(35)32-27-15-6-7-16-27/h3-5,8-14,17-19,27,29H,6-7,15-16,20-22H2,1-2H3,(H,32,35)/t29-/m1/s1. The molecule has 0 saturated heterocycles. The highest BCUT2D eigenvalue weighted by molar-refractivity contribution is 5.89. The Morgan fingerprint density at radius 1 is 0.917 bits per heavy atom. The van der Waals surface area contributed by atoms with Gasteiger partial charge in [0.25, 0.3) is 0 Å². The summed E-state index contributed by atoms with van der Waals surface area (Å²) in [5, 5.41) is 3.26. The number of hydrogen-bond acceptors (Lipinski definition) is 3. The van der Waals surface area contributed by atoms with Crippen molar-refractivity contribution in [3.8, 4) is 5.75 Å². The van der Waals surface area contributed by atoms with Crippen LogP contribution in [0.5, 0.6) is 5.75 Å². The molecule has 36 heavy (non-hydrogen) atoms. The molecule has 3 aromatic carbocycles. The fourth-order valence-corrected chi connectivity index (χ4v) is 4.99. The van der Waals surface area contributed by atoms with Crippen LogP contribution < -0.4 is 10.1 Å². The maximum Gasteiger partial charge on any atom is 0.243 e. The summed E-state index contributed by atoms with van der Waals surface area (Å²) in [6.45, 7) is 2.35. The molecule has 5 nitrogen and oxygen atoms in total. The van der Waals surface area contributed by atoms with Crippen LogP contribution in [0.1, 0.15) is 47.9 Å². The Bertz CT molecular complexity index is 1160. The predicted molar refractivity (Wildman–Crippen MR) is 143 cm³/mol. The average Bonchev–Trinajstić information content (AvgIpc) is 3.40. The summed E-state index contributed by atoms with van der Waals surface area (Å²) in [6, 6.07) is 25.2. The molecule has 0 unspecified atom stereocenters. The third-order valence-corrected chi connectivity index (χ3v) is 6.90. The van der Waals surface area contributed by atoms with E-state index in [9.17, 15) is 9.59 Å². The first-order valence-electron chi connectivity index (χ1n) is 12.8. The summed E-state index contributed by atoms with van der Waals surface area (Å²) in [5.74, 6) is 0.589. The van der Waals surface area contributed by atoms with Gasteiger partial charge in [0, 0.05) is 19.0 Å². The van der Waals surface area contributed by atoms with E-state index in [0.29, 0.717) is 13.0 Å². The molecule has 0 aliphatic heterocycles. The predicted octanol–water partition coefficient (Wildman–Crippen LogP) is 5.25. The van der Waals surface area contributed by atoms with Gasteiger partial charge in [0.2, 0.25) is 11.8 Å². The number of rotatable bonds is 10. The number of amides is 2. The van der Waals surface area contributed by atoms with E-state index in [0.717, 1.165) is 53.7 Å². The molecule has 1 aliphatic rings. The van der Waals surface area contributed by atoms with Crippen LogP contribution in [0.4, 0.5) is 0 Å². The highest BCUT2D eigenvalue weighted by Gasteiger charge is 2.32. The lowest BCUT2D eigenvalue weighted by molar-refractivity contribution is -0.141. The van der Waals surface area contributed by atoms with Crippen LogP contribution in [0.15, 0.2) is 78.9 Å². The van der Waals surface area contributed by atoms with Gasteiger partial charge < -0.3 is 15.0 Å². The molecule has 4 rings (SSSR count). The molecule has 1 saturated carbocycles. The molecular weight excluding hydrogens is 448 g/mol. The van der Waals surface area contributed by atoms with Crippen molar-refractivity contribution >= 4 is 11.8 Å². The number of ether oxygens (including phenoxy) is 1. The minimum atomic E-state index is -0.614. The minimum absolute atomic E-state index is 0.0640. The van der Waals surface area contributed by atoms with E-state index in [1.807, 2.05) is 85.8 Å². The second-order valence-electron chi connectivity index (χ2n) is 9.73. The van der Waals surface area contributed by atoms with E-state index >= 15 is 0 Å². The van der Waals surface area contributed by atoms with Crippen molar-refractivity contribution in [1.29, 1.82) is 0 Å². The van der Waals surface area contributed by atoms with Crippen LogP contribution in [-0.2, 0) is 29.0 Å². The lowest BCUT2D eigenvalue weighted by Gasteiger charge is -2.32. The van der Waals surface area contributed by atoms with Gasteiger partial charge in [-0.3, -0.25) is 9.59 Å². The topological polar surface area (TPSA) is 58.6 Å². The summed E-state index contributed by atoms with van der Waals surface area (Å²) in [7, 11) is 1.63. The first kappa shape index (κ1) is 25.5. The zero-order chi connectivity index (χ0) is 25.3. The van der Waals surface area contributed by atoms with Crippen molar-refractivity contribution in [2.24, 2.45) is 0 Å². The molecule has 0 radical (unpaired) electrons. The summed E-state index contributed by atoms with van der Waals surface area (Å²) >= 11 is 0. The van der Waals surface area contributed by atoms with E-state index in [2.05, 4.69) is 5.32 Å². The van der Waals surface area contributed by atoms with Gasteiger partial charge in [0.1, 0.15) is 11.8 Å². The molecule has 1 atom stereocenters. The fourth-order valence-electron chi connectivity index (χ4n) is 4.99. The average molecular weight is 485 g/mol. The molecule has 1 aliphatic carbocycles. The van der Waals surface area contributed by atoms with Gasteiger partial charge in [0.05, 0.1) is 13.5 Å². The SMILES string of the molecule is COc1cccc(CN(C(=O)Cc2cccc(C)c2)[C@H](Cc2ccccc2)C(=O)NC2CCCC2)c1. The third kappa shape index (κ3) is 6.97. The van der Waals surface area contributed by atoms with Crippen molar-refractivity contribution in [3.05, 3.63) is 101 Å². The van der Waals surface area contributed by atoms with Crippen LogP contribution in [-0.4, -0.2) is 35.9 Å². The first-order valence-corrected chi connectivity index (χ1v) is 12.8. The Hall–Kier alpha value is -3.60. The van der Waals surface area contributed by atoms with Gasteiger partial charge in [-0.05, 0) is 48.6 Å². The molecule has 5 heteroatoms. The van der Waals surface area contributed by atoms with Crippen LogP contribution in [0.3, 0.4) is 0 Å². The summed E-state index contributed by atoms with van der Waals surface area (Å²) in [5.41, 5.74) is 4.02. The van der Waals surface area contributed by atoms with E-state index < -0.39 is 6.04 Å². The van der Waals surface area contributed by atoms with Crippen LogP contribution in [0, 0.1) is 6.92 Å². The summed E-state index contributed by atoms with van der Waals surface area (Å²) < 4.78 is 5.42. The Kier molecular flexibility index (Phi) is 8.77. The molecule has 0 aromatic heterocycles. The van der Waals surface area contributed by atoms with Crippen LogP contribution >= 0.6 is 0 Å². The number of carbonyl (C=O) groups excluding carboxylic acids is 2. The second-order valence-corrected chi connectivity index (χ2v) is 9.73. The normalized spacial score (nSPS) is 14.3. The molecule has 0 heterocycles. The Labute approximate surface area is 214 Å². The molecule has 0 spiro atoms. The summed E-state index contributed by atoms with van der Waals surface area (Å²) in [4.78, 5) is 29.4. The molecular formula is C31H36N2O3. The third-order valence-electron chi connectivity index (χ3n) is 6.90. The largest absolute Gasteiger partial charge is 0.497 e. The zero-order valence-electron chi connectivity index (χ0n) is 21.3. The number of hydrogen-bond donors (Lipinski definition) is 1. The second kappa shape index (κ2) is 12.4. The maximum absolute atomic E-state index is 13.9. The number of aryl methyl sites for hydroxylation is 1. The molecule has 2 amide bonds. The van der Waals surface area contributed by atoms with Crippen molar-refractivity contribution in [2.75, 3.05) is 7.11 Å². The number of benzene rings is 3. The Morgan fingerprint density at radius 3 is 2.33 bits per heavy atom. The molecule has 0 bridgehead atoms. The maximum atomic E-state index is 13.9. The van der Waals surface area contributed by atoms with Crippen molar-refractivity contribution in [3.63, 3.8) is 0 Å². The van der Waals surface area contributed by atoms with E-state index in [1.54, 1.807) is 12.0 Å². The Balaban J connectivity index is 1.67. The van der Waals surface area contributed by atoms with Crippen molar-refractivity contribution in [2.45, 2.75) is 64.1 Å². The van der Waals surface area contributed by atoms with Gasteiger partial charge >= 0.3 is 0 Å². The molecule has 3 aromatic rings. The highest BCUT2D eigenvalue weighted by atomic mass is 16.5. The lowest BCUT2D eigenvalue weighted by atomic mass is 10.0. The van der Waals surface area contributed by atoms with Crippen LogP contribution in [0.25, 0.3) is 0 Å². The van der Waals surface area contributed by atoms with Gasteiger partial charge in [-0.25, -0.2) is 0 Å². The zero-order valence-corrected chi connectivity index (χ0v) is 21.3. The summed E-state index contributed by atoms with van der Waals surface area (Å²) in [6.07, 6.45) is 4.96. The lowest BCUT2D eigenvalue weighted by Crippen LogP contribution is -2.52. The fraction of sp³-hybridized carbons (Fsp3) is 0.355. The Morgan fingerprint density at radius 2 is 1.61 bits per heavy atom. The smallest absolute Gasteiger partial charge is 0.243 e. The van der Waals surface area contributed by atoms with Crippen molar-refractivity contribution in [1.82, 2.24) is 10.2 Å². The molecule has 1 N–H and O–H groups in total. The van der Waals surface area contributed by atoms with E-state index in [4.69, 9.17) is 4.74 Å². The van der Waals surface area contributed by atoms with E-state index in [-0.39, 0.29) is 24.3 Å². The van der Waals surface area contributed by atoms with Crippen molar-refractivity contribution < 1.29 is 14.3 Å². The number of methoxy groups -OCH3 is 1. The van der Waals surface area contributed by atoms with Crippen LogP contribution in [0.2, 0.25) is 0 Å². The quantitative estimate of drug-likeness (QED) is 0.428. The molecule has 1 fully saturated rings. The van der Waals surface area contributed by atoms with Gasteiger partial charge in [-0.1, -0.05) is 85.1 Å². The van der Waals surface area contributed by atoms with Gasteiger partial charge in [-0.2, -0.15) is 0 Å². The van der Waals surface area contributed by atoms with Gasteiger partial charge in [0.15, 0.2) is 0 Å². The number of carbonyl (C=O) groups is 2. The first-order chi connectivity index (χ1) is 17.5. The monoisotopic (exact) mass is 484 g/mol. The van der Waals surface area contributed by atoms with Gasteiger partial charge in [-0.15, -0.1) is 0 Å².